The van der Waals surface area contributed by atoms with Gasteiger partial charge in [-0.15, -0.1) is 0 Å². The topological polar surface area (TPSA) is 107 Å². The summed E-state index contributed by atoms with van der Waals surface area (Å²) >= 11 is 6.35. The number of nitrogens with one attached hydrogen (secondary N) is 1. The van der Waals surface area contributed by atoms with Gasteiger partial charge in [0.2, 0.25) is 11.8 Å². The number of allylic oxidation sites excluding steroid dienone is 2. The average Bonchev–Trinajstić information content (AvgIpc) is 3.47. The largest absolute Gasteiger partial charge is 0.507 e. The molecule has 242 valence electrons. The fourth-order valence-electron chi connectivity index (χ4n) is 8.88. The Kier molecular flexibility index (Phi) is 6.96. The zero-order chi connectivity index (χ0) is 33.5. The van der Waals surface area contributed by atoms with Crippen molar-refractivity contribution in [2.75, 3.05) is 12.0 Å². The summed E-state index contributed by atoms with van der Waals surface area (Å²) in [4.78, 5) is 58.5. The number of likely N-dealkylation sites (tertiary alicyclic amines) is 1. The van der Waals surface area contributed by atoms with E-state index in [1.165, 1.54) is 29.2 Å². The molecule has 2 heterocycles. The molecule has 0 aromatic heterocycles. The molecule has 2 aliphatic heterocycles. The molecule has 4 aromatic carbocycles. The molecule has 6 atom stereocenters. The minimum atomic E-state index is -1.57. The number of carbonyl (C=O) groups is 4. The normalized spacial score (nSPS) is 28.0. The summed E-state index contributed by atoms with van der Waals surface area (Å²) in [6.45, 7) is 2.01. The van der Waals surface area contributed by atoms with Gasteiger partial charge in [0.05, 0.1) is 28.9 Å². The van der Waals surface area contributed by atoms with Crippen LogP contribution >= 0.6 is 11.6 Å². The standard InChI is InChI=1S/C38H31ClFN3O5/c1-2-42-34(45)27-18-17-26-29(31(27)36(42)47)19-30-35(46)43(41-24-14-12-23(40)13-15-24)37(48)38(30,21-8-10-22(39)11-9-21)32(26)28-16-7-20-5-3-4-6-25(20)33(28)44/h3-17,27,29-32,41,44H,2,18-19H2,1H3. The number of benzene rings is 4. The van der Waals surface area contributed by atoms with Crippen molar-refractivity contribution in [2.45, 2.75) is 31.1 Å². The van der Waals surface area contributed by atoms with Gasteiger partial charge < -0.3 is 5.11 Å². The van der Waals surface area contributed by atoms with E-state index in [0.717, 1.165) is 16.0 Å². The van der Waals surface area contributed by atoms with Crippen LogP contribution in [0.15, 0.2) is 96.6 Å². The number of rotatable bonds is 5. The van der Waals surface area contributed by atoms with Crippen LogP contribution in [0.5, 0.6) is 5.75 Å². The van der Waals surface area contributed by atoms with Gasteiger partial charge in [-0.2, -0.15) is 5.01 Å². The second kappa shape index (κ2) is 11.0. The van der Waals surface area contributed by atoms with Gasteiger partial charge in [0.1, 0.15) is 11.6 Å². The molecule has 10 heteroatoms. The molecular formula is C38H31ClFN3O5. The molecule has 48 heavy (non-hydrogen) atoms. The van der Waals surface area contributed by atoms with Crippen molar-refractivity contribution in [3.8, 4) is 5.75 Å². The first-order valence-electron chi connectivity index (χ1n) is 16.1. The van der Waals surface area contributed by atoms with Gasteiger partial charge in [-0.3, -0.25) is 29.5 Å². The molecule has 8 rings (SSSR count). The highest BCUT2D eigenvalue weighted by molar-refractivity contribution is 6.30. The van der Waals surface area contributed by atoms with Crippen molar-refractivity contribution in [3.63, 3.8) is 0 Å². The Hall–Kier alpha value is -5.02. The lowest BCUT2D eigenvalue weighted by molar-refractivity contribution is -0.141. The number of hydrogen-bond acceptors (Lipinski definition) is 6. The number of hydrazine groups is 1. The zero-order valence-electron chi connectivity index (χ0n) is 25.9. The third-order valence-corrected chi connectivity index (χ3v) is 11.2. The molecule has 4 aliphatic rings. The van der Waals surface area contributed by atoms with Gasteiger partial charge in [-0.05, 0) is 73.0 Å². The molecule has 0 radical (unpaired) electrons. The van der Waals surface area contributed by atoms with Crippen LogP contribution in [0, 0.1) is 29.5 Å². The smallest absolute Gasteiger partial charge is 0.260 e. The van der Waals surface area contributed by atoms with E-state index in [1.54, 1.807) is 43.3 Å². The van der Waals surface area contributed by atoms with E-state index in [9.17, 15) is 23.9 Å². The molecule has 4 amide bonds. The Morgan fingerprint density at radius 2 is 1.62 bits per heavy atom. The van der Waals surface area contributed by atoms with Crippen molar-refractivity contribution in [1.82, 2.24) is 9.91 Å². The highest BCUT2D eigenvalue weighted by Gasteiger charge is 2.70. The van der Waals surface area contributed by atoms with Crippen LogP contribution < -0.4 is 5.43 Å². The first-order valence-corrected chi connectivity index (χ1v) is 16.5. The van der Waals surface area contributed by atoms with E-state index >= 15 is 4.79 Å². The van der Waals surface area contributed by atoms with Crippen LogP contribution in [0.2, 0.25) is 5.02 Å². The van der Waals surface area contributed by atoms with E-state index in [4.69, 9.17) is 11.6 Å². The molecule has 1 saturated carbocycles. The van der Waals surface area contributed by atoms with E-state index in [-0.39, 0.29) is 30.5 Å². The van der Waals surface area contributed by atoms with Gasteiger partial charge in [0.15, 0.2) is 0 Å². The third kappa shape index (κ3) is 4.13. The van der Waals surface area contributed by atoms with Crippen LogP contribution in [0.25, 0.3) is 10.8 Å². The van der Waals surface area contributed by atoms with Gasteiger partial charge in [-0.25, -0.2) is 4.39 Å². The van der Waals surface area contributed by atoms with Crippen molar-refractivity contribution in [2.24, 2.45) is 23.7 Å². The molecule has 3 fully saturated rings. The Morgan fingerprint density at radius 1 is 0.896 bits per heavy atom. The number of imide groups is 2. The van der Waals surface area contributed by atoms with E-state index in [0.29, 0.717) is 33.6 Å². The Bertz CT molecular complexity index is 2070. The average molecular weight is 664 g/mol. The van der Waals surface area contributed by atoms with Gasteiger partial charge in [0.25, 0.3) is 11.8 Å². The number of fused-ring (bicyclic) bond motifs is 5. The summed E-state index contributed by atoms with van der Waals surface area (Å²) in [6, 6.07) is 23.2. The van der Waals surface area contributed by atoms with Crippen LogP contribution in [-0.4, -0.2) is 45.2 Å². The van der Waals surface area contributed by atoms with Crippen LogP contribution in [0.4, 0.5) is 10.1 Å². The molecular weight excluding hydrogens is 633 g/mol. The number of hydrogen-bond donors (Lipinski definition) is 2. The van der Waals surface area contributed by atoms with Crippen molar-refractivity contribution >= 4 is 51.7 Å². The highest BCUT2D eigenvalue weighted by atomic mass is 35.5. The number of phenolic OH excluding ortho intramolecular Hbond substituents is 1. The third-order valence-electron chi connectivity index (χ3n) is 10.9. The SMILES string of the molecule is CCN1C(=O)C2CC=C3C(CC4C(=O)N(Nc5ccc(F)cc5)C(=O)C4(c4ccc(Cl)cc4)C3c3ccc4ccccc4c3O)C2C1=O. The minimum absolute atomic E-state index is 0.0249. The van der Waals surface area contributed by atoms with Crippen molar-refractivity contribution in [3.05, 3.63) is 119 Å². The van der Waals surface area contributed by atoms with Crippen molar-refractivity contribution < 1.29 is 28.7 Å². The number of amides is 4. The molecule has 4 aromatic rings. The van der Waals surface area contributed by atoms with Gasteiger partial charge in [0, 0.05) is 28.4 Å². The molecule has 2 aliphatic carbocycles. The zero-order valence-corrected chi connectivity index (χ0v) is 26.7. The fourth-order valence-corrected chi connectivity index (χ4v) is 9.01. The maximum Gasteiger partial charge on any atom is 0.260 e. The number of nitrogens with zero attached hydrogens (tertiary/aromatic N) is 2. The first kappa shape index (κ1) is 30.3. The molecule has 2 saturated heterocycles. The van der Waals surface area contributed by atoms with E-state index in [1.807, 2.05) is 30.3 Å². The first-order chi connectivity index (χ1) is 23.2. The molecule has 8 nitrogen and oxygen atoms in total. The minimum Gasteiger partial charge on any atom is -0.507 e. The van der Waals surface area contributed by atoms with Crippen LogP contribution in [0.1, 0.15) is 36.8 Å². The number of anilines is 1. The predicted molar refractivity (Wildman–Crippen MR) is 177 cm³/mol. The summed E-state index contributed by atoms with van der Waals surface area (Å²) in [7, 11) is 0. The maximum absolute atomic E-state index is 15.2. The Labute approximate surface area is 280 Å². The second-order valence-corrected chi connectivity index (χ2v) is 13.5. The van der Waals surface area contributed by atoms with Gasteiger partial charge >= 0.3 is 0 Å². The second-order valence-electron chi connectivity index (χ2n) is 13.0. The molecule has 0 bridgehead atoms. The summed E-state index contributed by atoms with van der Waals surface area (Å²) in [6.07, 6.45) is 2.38. The van der Waals surface area contributed by atoms with E-state index < -0.39 is 52.6 Å². The predicted octanol–water partition coefficient (Wildman–Crippen LogP) is 6.34. The van der Waals surface area contributed by atoms with Crippen LogP contribution in [-0.2, 0) is 24.6 Å². The quantitative estimate of drug-likeness (QED) is 0.191. The number of phenols is 1. The number of aromatic hydroxyl groups is 1. The van der Waals surface area contributed by atoms with Crippen molar-refractivity contribution in [1.29, 1.82) is 0 Å². The monoisotopic (exact) mass is 663 g/mol. The van der Waals surface area contributed by atoms with E-state index in [2.05, 4.69) is 5.43 Å². The summed E-state index contributed by atoms with van der Waals surface area (Å²) in [5, 5.41) is 14.8. The fraction of sp³-hybridized carbons (Fsp3) is 0.263. The molecule has 2 N–H and O–H groups in total. The Morgan fingerprint density at radius 3 is 2.35 bits per heavy atom. The van der Waals surface area contributed by atoms with Crippen LogP contribution in [0.3, 0.4) is 0 Å². The summed E-state index contributed by atoms with van der Waals surface area (Å²) in [5.41, 5.74) is 3.42. The summed E-state index contributed by atoms with van der Waals surface area (Å²) < 4.78 is 13.8. The maximum atomic E-state index is 15.2. The number of carbonyl (C=O) groups excluding carboxylic acids is 4. The lowest BCUT2D eigenvalue weighted by Crippen LogP contribution is -2.53. The molecule has 0 spiro atoms. The molecule has 6 unspecified atom stereocenters. The highest BCUT2D eigenvalue weighted by Crippen LogP contribution is 2.65. The van der Waals surface area contributed by atoms with Gasteiger partial charge in [-0.1, -0.05) is 71.8 Å². The Balaban J connectivity index is 1.39. The number of halogens is 2. The summed E-state index contributed by atoms with van der Waals surface area (Å²) in [5.74, 6) is -5.76. The lowest BCUT2D eigenvalue weighted by Gasteiger charge is -2.50. The lowest BCUT2D eigenvalue weighted by atomic mass is 9.49.